The van der Waals surface area contributed by atoms with E-state index < -0.39 is 0 Å². The predicted molar refractivity (Wildman–Crippen MR) is 132 cm³/mol. The highest BCUT2D eigenvalue weighted by molar-refractivity contribution is 9.10. The molecule has 174 valence electrons. The van der Waals surface area contributed by atoms with Crippen molar-refractivity contribution in [1.29, 1.82) is 0 Å². The van der Waals surface area contributed by atoms with E-state index in [0.29, 0.717) is 28.8 Å². The Hall–Kier alpha value is -3.36. The van der Waals surface area contributed by atoms with E-state index in [-0.39, 0.29) is 22.7 Å². The predicted octanol–water partition coefficient (Wildman–Crippen LogP) is 5.51. The Morgan fingerprint density at radius 1 is 0.971 bits per heavy atom. The first-order valence-corrected chi connectivity index (χ1v) is 11.7. The van der Waals surface area contributed by atoms with Gasteiger partial charge in [0.2, 0.25) is 11.2 Å². The minimum atomic E-state index is -0.306. The number of benzene rings is 3. The fraction of sp³-hybridized carbons (Fsp3) is 0.192. The first kappa shape index (κ1) is 22.4. The van der Waals surface area contributed by atoms with Gasteiger partial charge in [0.05, 0.1) is 15.4 Å². The number of para-hydroxylation sites is 1. The van der Waals surface area contributed by atoms with E-state index in [1.165, 1.54) is 24.5 Å². The topological polar surface area (TPSA) is 66.2 Å². The van der Waals surface area contributed by atoms with Crippen LogP contribution in [-0.2, 0) is 6.54 Å². The van der Waals surface area contributed by atoms with Crippen LogP contribution < -0.4 is 15.1 Å². The van der Waals surface area contributed by atoms with Gasteiger partial charge < -0.3 is 19.2 Å². The molecule has 0 spiro atoms. The number of piperazine rings is 1. The van der Waals surface area contributed by atoms with Gasteiger partial charge in [-0.05, 0) is 64.5 Å². The van der Waals surface area contributed by atoms with Crippen LogP contribution in [0.4, 0.5) is 10.1 Å². The lowest BCUT2D eigenvalue weighted by Gasteiger charge is -2.36. The van der Waals surface area contributed by atoms with Crippen molar-refractivity contribution in [3.8, 4) is 17.2 Å². The molecule has 4 aromatic rings. The summed E-state index contributed by atoms with van der Waals surface area (Å²) < 4.78 is 25.5. The zero-order valence-electron chi connectivity index (χ0n) is 18.2. The first-order valence-electron chi connectivity index (χ1n) is 10.9. The summed E-state index contributed by atoms with van der Waals surface area (Å²) in [4.78, 5) is 17.5. The molecule has 34 heavy (non-hydrogen) atoms. The molecule has 5 rings (SSSR count). The molecule has 1 aromatic heterocycles. The maximum absolute atomic E-state index is 13.2. The Morgan fingerprint density at radius 3 is 2.44 bits per heavy atom. The van der Waals surface area contributed by atoms with Gasteiger partial charge in [-0.2, -0.15) is 0 Å². The zero-order valence-corrected chi connectivity index (χ0v) is 19.8. The van der Waals surface area contributed by atoms with Gasteiger partial charge in [0.15, 0.2) is 0 Å². The third-order valence-electron chi connectivity index (χ3n) is 5.99. The SMILES string of the molecule is O=c1c(Oc2ccccc2Br)coc2c(CN3CCN(c4ccc(F)cc4)CC3)c(O)ccc12. The third kappa shape index (κ3) is 4.51. The molecule has 2 heterocycles. The highest BCUT2D eigenvalue weighted by Gasteiger charge is 2.22. The molecule has 0 bridgehead atoms. The Kier molecular flexibility index (Phi) is 6.26. The zero-order chi connectivity index (χ0) is 23.7. The van der Waals surface area contributed by atoms with Crippen molar-refractivity contribution in [3.05, 3.63) is 93.0 Å². The number of ether oxygens (including phenoxy) is 1. The maximum atomic E-state index is 13.2. The molecule has 1 aliphatic rings. The second-order valence-electron chi connectivity index (χ2n) is 8.14. The Labute approximate surface area is 203 Å². The molecule has 0 radical (unpaired) electrons. The standard InChI is InChI=1S/C26H22BrFN2O4/c27-21-3-1-2-4-23(21)34-24-16-33-26-19(25(24)32)9-10-22(31)20(26)15-29-11-13-30(14-12-29)18-7-5-17(28)6-8-18/h1-10,16,31H,11-15H2. The number of fused-ring (bicyclic) bond motifs is 1. The highest BCUT2D eigenvalue weighted by Crippen LogP contribution is 2.32. The molecule has 0 atom stereocenters. The van der Waals surface area contributed by atoms with Crippen LogP contribution in [0.5, 0.6) is 17.2 Å². The average molecular weight is 525 g/mol. The lowest BCUT2D eigenvalue weighted by Crippen LogP contribution is -2.46. The molecule has 8 heteroatoms. The normalized spacial score (nSPS) is 14.5. The lowest BCUT2D eigenvalue weighted by atomic mass is 10.1. The van der Waals surface area contributed by atoms with E-state index in [9.17, 15) is 14.3 Å². The molecule has 0 amide bonds. The Morgan fingerprint density at radius 2 is 1.71 bits per heavy atom. The van der Waals surface area contributed by atoms with Gasteiger partial charge in [0.1, 0.15) is 29.2 Å². The van der Waals surface area contributed by atoms with E-state index in [4.69, 9.17) is 9.15 Å². The third-order valence-corrected chi connectivity index (χ3v) is 6.65. The van der Waals surface area contributed by atoms with E-state index in [2.05, 4.69) is 25.7 Å². The molecule has 0 unspecified atom stereocenters. The van der Waals surface area contributed by atoms with Crippen molar-refractivity contribution >= 4 is 32.6 Å². The van der Waals surface area contributed by atoms with Crippen molar-refractivity contribution < 1.29 is 18.7 Å². The summed E-state index contributed by atoms with van der Waals surface area (Å²) in [5.41, 5.74) is 1.60. The fourth-order valence-corrected chi connectivity index (χ4v) is 4.50. The average Bonchev–Trinajstić information content (AvgIpc) is 2.85. The Bertz CT molecular complexity index is 1380. The summed E-state index contributed by atoms with van der Waals surface area (Å²) in [6.07, 6.45) is 1.29. The van der Waals surface area contributed by atoms with Crippen LogP contribution in [0.15, 0.2) is 80.6 Å². The van der Waals surface area contributed by atoms with Crippen molar-refractivity contribution in [3.63, 3.8) is 0 Å². The minimum Gasteiger partial charge on any atom is -0.507 e. The van der Waals surface area contributed by atoms with Crippen LogP contribution in [0.25, 0.3) is 11.0 Å². The van der Waals surface area contributed by atoms with Crippen LogP contribution in [0, 0.1) is 5.82 Å². The maximum Gasteiger partial charge on any atom is 0.235 e. The monoisotopic (exact) mass is 524 g/mol. The highest BCUT2D eigenvalue weighted by atomic mass is 79.9. The van der Waals surface area contributed by atoms with Crippen LogP contribution in [-0.4, -0.2) is 36.2 Å². The van der Waals surface area contributed by atoms with Crippen molar-refractivity contribution in [2.75, 3.05) is 31.1 Å². The molecule has 1 saturated heterocycles. The molecule has 1 N–H and O–H groups in total. The number of halogens is 2. The summed E-state index contributed by atoms with van der Waals surface area (Å²) in [6.45, 7) is 3.48. The molecule has 0 saturated carbocycles. The van der Waals surface area contributed by atoms with Crippen molar-refractivity contribution in [2.45, 2.75) is 6.54 Å². The van der Waals surface area contributed by atoms with E-state index in [0.717, 1.165) is 36.3 Å². The quantitative estimate of drug-likeness (QED) is 0.371. The van der Waals surface area contributed by atoms with E-state index in [1.54, 1.807) is 24.3 Å². The minimum absolute atomic E-state index is 0.0731. The van der Waals surface area contributed by atoms with Gasteiger partial charge in [-0.25, -0.2) is 4.39 Å². The summed E-state index contributed by atoms with van der Waals surface area (Å²) in [5.74, 6) is 0.410. The van der Waals surface area contributed by atoms with Gasteiger partial charge in [-0.1, -0.05) is 12.1 Å². The number of hydrogen-bond acceptors (Lipinski definition) is 6. The lowest BCUT2D eigenvalue weighted by molar-refractivity contribution is 0.246. The molecule has 0 aliphatic carbocycles. The summed E-state index contributed by atoms with van der Waals surface area (Å²) in [7, 11) is 0. The number of nitrogens with zero attached hydrogens (tertiary/aromatic N) is 2. The molecule has 3 aromatic carbocycles. The molecule has 1 aliphatic heterocycles. The van der Waals surface area contributed by atoms with Crippen LogP contribution >= 0.6 is 15.9 Å². The van der Waals surface area contributed by atoms with Crippen molar-refractivity contribution in [2.24, 2.45) is 0 Å². The largest absolute Gasteiger partial charge is 0.507 e. The van der Waals surface area contributed by atoms with Gasteiger partial charge in [0.25, 0.3) is 0 Å². The first-order chi connectivity index (χ1) is 16.5. The van der Waals surface area contributed by atoms with Gasteiger partial charge >= 0.3 is 0 Å². The van der Waals surface area contributed by atoms with Crippen LogP contribution in [0.1, 0.15) is 5.56 Å². The summed E-state index contributed by atoms with van der Waals surface area (Å²) in [6, 6.07) is 16.8. The molecule has 6 nitrogen and oxygen atoms in total. The number of rotatable bonds is 5. The number of phenolic OH excluding ortho intramolecular Hbond substituents is 1. The van der Waals surface area contributed by atoms with Gasteiger partial charge in [0, 0.05) is 38.4 Å². The second-order valence-corrected chi connectivity index (χ2v) is 9.00. The smallest absolute Gasteiger partial charge is 0.235 e. The number of anilines is 1. The number of hydrogen-bond donors (Lipinski definition) is 1. The Balaban J connectivity index is 1.36. The summed E-state index contributed by atoms with van der Waals surface area (Å²) in [5, 5.41) is 10.9. The fourth-order valence-electron chi connectivity index (χ4n) is 4.14. The van der Waals surface area contributed by atoms with Crippen LogP contribution in [0.2, 0.25) is 0 Å². The molecular weight excluding hydrogens is 503 g/mol. The molecule has 1 fully saturated rings. The van der Waals surface area contributed by atoms with Gasteiger partial charge in [-0.15, -0.1) is 0 Å². The number of aromatic hydroxyl groups is 1. The van der Waals surface area contributed by atoms with Crippen molar-refractivity contribution in [1.82, 2.24) is 4.90 Å². The van der Waals surface area contributed by atoms with E-state index >= 15 is 0 Å². The van der Waals surface area contributed by atoms with Gasteiger partial charge in [-0.3, -0.25) is 9.69 Å². The number of phenols is 1. The summed E-state index contributed by atoms with van der Waals surface area (Å²) >= 11 is 3.41. The van der Waals surface area contributed by atoms with Crippen LogP contribution in [0.3, 0.4) is 0 Å². The molecular formula is C26H22BrFN2O4. The van der Waals surface area contributed by atoms with E-state index in [1.807, 2.05) is 18.2 Å². The second kappa shape index (κ2) is 9.48.